The van der Waals surface area contributed by atoms with Gasteiger partial charge in [-0.15, -0.1) is 0 Å². The van der Waals surface area contributed by atoms with Crippen molar-refractivity contribution in [3.8, 4) is 0 Å². The summed E-state index contributed by atoms with van der Waals surface area (Å²) in [5, 5.41) is 4.02. The average Bonchev–Trinajstić information content (AvgIpc) is 3.44. The molecule has 0 radical (unpaired) electrons. The molecule has 74 heavy (non-hydrogen) atoms. The van der Waals surface area contributed by atoms with E-state index in [0.29, 0.717) is 6.42 Å². The standard InChI is InChI=1S/C59H65N3O12/c1-2-3-4-5-6-7-8-9-10-11-12-13-29-40-49(70-55(64)44-32-21-15-22-33-44)48(61-62-60)41-69-59-53(74-58(67)47-38-27-18-28-39-47)52(73-57(66)46-36-25-17-26-37-46)51(72-56(65)45-34-23-16-24-35-45)50(71-59)42-68-54(63)43-30-19-14-20-31-43/h14-40,48-53,59H,2-13,41-42H2,1H3/b40-29+/t48-,49+,50-,51+,52+,53-,59-/m1/s1. The molecular formula is C59H65N3O12. The van der Waals surface area contributed by atoms with Crippen LogP contribution in [0.1, 0.15) is 136 Å². The zero-order valence-electron chi connectivity index (χ0n) is 41.8. The molecule has 0 aromatic heterocycles. The van der Waals surface area contributed by atoms with Crippen LogP contribution in [0.15, 0.2) is 169 Å². The fraction of sp³-hybridized carbons (Fsp3) is 0.373. The Hall–Kier alpha value is -7.58. The lowest BCUT2D eigenvalue weighted by Crippen LogP contribution is -2.63. The Balaban J connectivity index is 1.31. The van der Waals surface area contributed by atoms with E-state index in [4.69, 9.17) is 33.2 Å². The number of ether oxygens (including phenoxy) is 7. The first-order valence-corrected chi connectivity index (χ1v) is 25.5. The average molecular weight is 1010 g/mol. The van der Waals surface area contributed by atoms with Gasteiger partial charge in [0, 0.05) is 4.91 Å². The van der Waals surface area contributed by atoms with Crippen LogP contribution in [-0.2, 0) is 33.2 Å². The lowest BCUT2D eigenvalue weighted by Gasteiger charge is -2.44. The maximum absolute atomic E-state index is 14.1. The van der Waals surface area contributed by atoms with Crippen molar-refractivity contribution in [2.24, 2.45) is 5.11 Å². The van der Waals surface area contributed by atoms with Crippen molar-refractivity contribution in [3.05, 3.63) is 202 Å². The summed E-state index contributed by atoms with van der Waals surface area (Å²) in [6.07, 6.45) is 7.84. The summed E-state index contributed by atoms with van der Waals surface area (Å²) in [5.41, 5.74) is 10.8. The summed E-state index contributed by atoms with van der Waals surface area (Å²) >= 11 is 0. The summed E-state index contributed by atoms with van der Waals surface area (Å²) in [7, 11) is 0. The van der Waals surface area contributed by atoms with Crippen LogP contribution in [0.25, 0.3) is 10.4 Å². The minimum Gasteiger partial charge on any atom is -0.459 e. The predicted octanol–water partition coefficient (Wildman–Crippen LogP) is 12.4. The van der Waals surface area contributed by atoms with E-state index in [9.17, 15) is 29.5 Å². The van der Waals surface area contributed by atoms with Crippen molar-refractivity contribution < 1.29 is 57.1 Å². The molecule has 15 nitrogen and oxygen atoms in total. The monoisotopic (exact) mass is 1010 g/mol. The number of benzene rings is 5. The third-order valence-electron chi connectivity index (χ3n) is 12.3. The van der Waals surface area contributed by atoms with Gasteiger partial charge in [0.25, 0.3) is 0 Å². The minimum atomic E-state index is -1.71. The second-order valence-electron chi connectivity index (χ2n) is 17.8. The molecule has 0 saturated carbocycles. The van der Waals surface area contributed by atoms with Crippen molar-refractivity contribution in [2.45, 2.75) is 127 Å². The first-order valence-electron chi connectivity index (χ1n) is 25.5. The highest BCUT2D eigenvalue weighted by atomic mass is 16.7. The third kappa shape index (κ3) is 17.9. The van der Waals surface area contributed by atoms with E-state index in [2.05, 4.69) is 16.9 Å². The van der Waals surface area contributed by atoms with E-state index in [1.165, 1.54) is 81.3 Å². The van der Waals surface area contributed by atoms with Crippen molar-refractivity contribution in [2.75, 3.05) is 13.2 Å². The Bertz CT molecular complexity index is 2560. The van der Waals surface area contributed by atoms with Gasteiger partial charge in [0.1, 0.15) is 24.9 Å². The summed E-state index contributed by atoms with van der Waals surface area (Å²) < 4.78 is 43.3. The van der Waals surface area contributed by atoms with E-state index in [-0.39, 0.29) is 27.8 Å². The maximum atomic E-state index is 14.1. The van der Waals surface area contributed by atoms with Gasteiger partial charge in [-0.05, 0) is 85.1 Å². The molecule has 6 rings (SSSR count). The van der Waals surface area contributed by atoms with E-state index in [1.807, 2.05) is 6.08 Å². The highest BCUT2D eigenvalue weighted by molar-refractivity contribution is 5.92. The zero-order valence-corrected chi connectivity index (χ0v) is 41.8. The first kappa shape index (κ1) is 55.7. The van der Waals surface area contributed by atoms with Crippen molar-refractivity contribution in [1.82, 2.24) is 0 Å². The van der Waals surface area contributed by atoms with Gasteiger partial charge in [-0.2, -0.15) is 0 Å². The van der Waals surface area contributed by atoms with Crippen LogP contribution in [0, 0.1) is 0 Å². The van der Waals surface area contributed by atoms with Gasteiger partial charge in [0.15, 0.2) is 24.6 Å². The lowest BCUT2D eigenvalue weighted by molar-refractivity contribution is -0.299. The number of carbonyl (C=O) groups is 5. The summed E-state index contributed by atoms with van der Waals surface area (Å²) in [6.45, 7) is 1.12. The topological polar surface area (TPSA) is 199 Å². The van der Waals surface area contributed by atoms with Crippen LogP contribution < -0.4 is 0 Å². The molecule has 0 spiro atoms. The second-order valence-corrected chi connectivity index (χ2v) is 17.8. The Morgan fingerprint density at radius 1 is 0.541 bits per heavy atom. The van der Waals surface area contributed by atoms with Gasteiger partial charge in [0.2, 0.25) is 0 Å². The normalized spacial score (nSPS) is 18.0. The molecule has 5 aromatic carbocycles. The molecule has 7 atom stereocenters. The number of allylic oxidation sites excluding steroid dienone is 1. The van der Waals surface area contributed by atoms with Crippen LogP contribution in [0.2, 0.25) is 0 Å². The molecule has 0 amide bonds. The van der Waals surface area contributed by atoms with Crippen LogP contribution in [0.4, 0.5) is 0 Å². The smallest absolute Gasteiger partial charge is 0.338 e. The summed E-state index contributed by atoms with van der Waals surface area (Å²) in [5.74, 6) is -4.07. The highest BCUT2D eigenvalue weighted by Crippen LogP contribution is 2.32. The molecule has 1 heterocycles. The third-order valence-corrected chi connectivity index (χ3v) is 12.3. The SMILES string of the molecule is CCCCCCCCCCCCC/C=C/[C@H](OC(=O)c1ccccc1)[C@@H](CO[C@@H]1O[C@H](COC(=O)c2ccccc2)[C@H](OC(=O)c2ccccc2)[C@H](OC(=O)c2ccccc2)[C@H]1OC(=O)c1ccccc1)N=[N+]=[N-]. The number of carbonyl (C=O) groups excluding carboxylic acids is 5. The summed E-state index contributed by atoms with van der Waals surface area (Å²) in [6, 6.07) is 39.2. The molecular weight excluding hydrogens is 943 g/mol. The van der Waals surface area contributed by atoms with Crippen LogP contribution in [-0.4, -0.2) is 85.9 Å². The summed E-state index contributed by atoms with van der Waals surface area (Å²) in [4.78, 5) is 72.4. The highest BCUT2D eigenvalue weighted by Gasteiger charge is 2.54. The largest absolute Gasteiger partial charge is 0.459 e. The van der Waals surface area contributed by atoms with Crippen LogP contribution in [0.5, 0.6) is 0 Å². The lowest BCUT2D eigenvalue weighted by atomic mass is 9.97. The Kier molecular flexibility index (Phi) is 23.4. The van der Waals surface area contributed by atoms with E-state index in [1.54, 1.807) is 121 Å². The van der Waals surface area contributed by atoms with Crippen molar-refractivity contribution in [3.63, 3.8) is 0 Å². The van der Waals surface area contributed by atoms with Crippen LogP contribution >= 0.6 is 0 Å². The number of hydrogen-bond donors (Lipinski definition) is 0. The molecule has 1 aliphatic heterocycles. The van der Waals surface area contributed by atoms with E-state index >= 15 is 0 Å². The molecule has 1 fully saturated rings. The van der Waals surface area contributed by atoms with Gasteiger partial charge < -0.3 is 33.2 Å². The number of rotatable bonds is 29. The van der Waals surface area contributed by atoms with Gasteiger partial charge in [0.05, 0.1) is 34.4 Å². The molecule has 5 aromatic rings. The molecule has 15 heteroatoms. The van der Waals surface area contributed by atoms with E-state index in [0.717, 1.165) is 25.7 Å². The number of azide groups is 1. The minimum absolute atomic E-state index is 0.108. The van der Waals surface area contributed by atoms with Gasteiger partial charge in [-0.3, -0.25) is 0 Å². The fourth-order valence-electron chi connectivity index (χ4n) is 8.28. The number of nitrogens with zero attached hydrogens (tertiary/aromatic N) is 3. The molecule has 1 saturated heterocycles. The Labute approximate surface area is 432 Å². The predicted molar refractivity (Wildman–Crippen MR) is 277 cm³/mol. The molecule has 388 valence electrons. The molecule has 0 aliphatic carbocycles. The van der Waals surface area contributed by atoms with Crippen molar-refractivity contribution >= 4 is 29.8 Å². The number of hydrogen-bond acceptors (Lipinski definition) is 13. The molecule has 0 bridgehead atoms. The number of unbranched alkanes of at least 4 members (excludes halogenated alkanes) is 11. The number of esters is 5. The van der Waals surface area contributed by atoms with Gasteiger partial charge >= 0.3 is 29.8 Å². The fourth-order valence-corrected chi connectivity index (χ4v) is 8.28. The zero-order chi connectivity index (χ0) is 52.2. The van der Waals surface area contributed by atoms with E-state index < -0.39 is 85.9 Å². The first-order chi connectivity index (χ1) is 36.2. The Morgan fingerprint density at radius 2 is 0.946 bits per heavy atom. The van der Waals surface area contributed by atoms with Gasteiger partial charge in [-0.1, -0.05) is 173 Å². The maximum Gasteiger partial charge on any atom is 0.338 e. The van der Waals surface area contributed by atoms with Gasteiger partial charge in [-0.25, -0.2) is 24.0 Å². The molecule has 1 aliphatic rings. The van der Waals surface area contributed by atoms with Crippen LogP contribution in [0.3, 0.4) is 0 Å². The Morgan fingerprint density at radius 3 is 1.41 bits per heavy atom. The quantitative estimate of drug-likeness (QED) is 0.00836. The second kappa shape index (κ2) is 31.1. The van der Waals surface area contributed by atoms with Crippen molar-refractivity contribution in [1.29, 1.82) is 0 Å². The molecule has 0 unspecified atom stereocenters. The molecule has 0 N–H and O–H groups in total.